The van der Waals surface area contributed by atoms with Gasteiger partial charge in [-0.05, 0) is 31.9 Å². The van der Waals surface area contributed by atoms with Crippen molar-refractivity contribution >= 4 is 11.7 Å². The van der Waals surface area contributed by atoms with Crippen LogP contribution in [0.4, 0.5) is 0 Å². The molecule has 0 saturated carbocycles. The molecule has 1 amide bonds. The van der Waals surface area contributed by atoms with Crippen LogP contribution in [0.15, 0.2) is 34.9 Å². The summed E-state index contributed by atoms with van der Waals surface area (Å²) in [6.45, 7) is 2.51. The highest BCUT2D eigenvalue weighted by atomic mass is 16.5. The van der Waals surface area contributed by atoms with Crippen LogP contribution in [0.5, 0.6) is 5.75 Å². The Morgan fingerprint density at radius 3 is 3.00 bits per heavy atom. The fraction of sp³-hybridized carbons (Fsp3) is 0.389. The number of aromatic nitrogens is 1. The number of likely N-dealkylation sites (tertiary alicyclic amines) is 1. The van der Waals surface area contributed by atoms with Crippen molar-refractivity contribution < 1.29 is 24.0 Å². The molecular weight excluding hydrogens is 324 g/mol. The summed E-state index contributed by atoms with van der Waals surface area (Å²) >= 11 is 0. The van der Waals surface area contributed by atoms with Gasteiger partial charge < -0.3 is 19.3 Å². The molecule has 7 nitrogen and oxygen atoms in total. The molecule has 3 rings (SSSR count). The summed E-state index contributed by atoms with van der Waals surface area (Å²) in [5, 5.41) is 13.5. The van der Waals surface area contributed by atoms with Crippen LogP contribution in [0, 0.1) is 0 Å². The second-order valence-electron chi connectivity index (χ2n) is 6.10. The maximum Gasteiger partial charge on any atom is 0.276 e. The van der Waals surface area contributed by atoms with Crippen molar-refractivity contribution in [3.05, 3.63) is 47.3 Å². The van der Waals surface area contributed by atoms with Crippen LogP contribution in [0.25, 0.3) is 0 Å². The van der Waals surface area contributed by atoms with Crippen molar-refractivity contribution in [1.29, 1.82) is 0 Å². The third-order valence-electron chi connectivity index (χ3n) is 4.08. The Labute approximate surface area is 145 Å². The lowest BCUT2D eigenvalue weighted by molar-refractivity contribution is 0.0465. The fourth-order valence-corrected chi connectivity index (χ4v) is 2.74. The van der Waals surface area contributed by atoms with Gasteiger partial charge in [0.1, 0.15) is 12.4 Å². The molecule has 1 N–H and O–H groups in total. The molecule has 2 aromatic rings. The fourth-order valence-electron chi connectivity index (χ4n) is 2.74. The Bertz CT molecular complexity index is 770. The normalized spacial score (nSPS) is 17.4. The molecule has 132 valence electrons. The van der Waals surface area contributed by atoms with Gasteiger partial charge in [0.25, 0.3) is 5.91 Å². The maximum absolute atomic E-state index is 12.4. The summed E-state index contributed by atoms with van der Waals surface area (Å²) in [6.07, 6.45) is 0.995. The predicted molar refractivity (Wildman–Crippen MR) is 88.4 cm³/mol. The van der Waals surface area contributed by atoms with Gasteiger partial charge in [-0.2, -0.15) is 0 Å². The number of piperidine rings is 1. The molecule has 2 heterocycles. The van der Waals surface area contributed by atoms with Crippen LogP contribution in [0.2, 0.25) is 0 Å². The van der Waals surface area contributed by atoms with Crippen LogP contribution >= 0.6 is 0 Å². The minimum absolute atomic E-state index is 0.0401. The number of benzene rings is 1. The maximum atomic E-state index is 12.4. The number of Topliss-reactive ketones (excluding diaryl/α,β-unsaturated/α-hetero) is 1. The molecule has 0 unspecified atom stereocenters. The van der Waals surface area contributed by atoms with E-state index in [2.05, 4.69) is 5.16 Å². The Hall–Kier alpha value is -2.67. The van der Waals surface area contributed by atoms with E-state index in [1.807, 2.05) is 0 Å². The SMILES string of the molecule is CC(=O)c1cccc(OCc2cc(C(=O)N3CCC[C@@H](O)C3)no2)c1. The van der Waals surface area contributed by atoms with Gasteiger partial charge in [-0.3, -0.25) is 9.59 Å². The van der Waals surface area contributed by atoms with E-state index in [0.29, 0.717) is 36.6 Å². The topological polar surface area (TPSA) is 92.9 Å². The van der Waals surface area contributed by atoms with E-state index >= 15 is 0 Å². The molecule has 1 aromatic carbocycles. The molecule has 0 radical (unpaired) electrons. The Balaban J connectivity index is 1.61. The van der Waals surface area contributed by atoms with Crippen molar-refractivity contribution in [2.45, 2.75) is 32.5 Å². The van der Waals surface area contributed by atoms with Crippen LogP contribution < -0.4 is 4.74 Å². The lowest BCUT2D eigenvalue weighted by Gasteiger charge is -2.29. The molecule has 1 fully saturated rings. The van der Waals surface area contributed by atoms with E-state index in [4.69, 9.17) is 9.26 Å². The lowest BCUT2D eigenvalue weighted by Crippen LogP contribution is -2.42. The number of carbonyl (C=O) groups is 2. The number of aliphatic hydroxyl groups is 1. The monoisotopic (exact) mass is 344 g/mol. The molecule has 1 saturated heterocycles. The standard InChI is InChI=1S/C18H20N2O5/c1-12(21)13-4-2-6-15(8-13)24-11-16-9-17(19-25-16)18(23)20-7-3-5-14(22)10-20/h2,4,6,8-9,14,22H,3,5,7,10-11H2,1H3/t14-/m1/s1. The number of ketones is 1. The van der Waals surface area contributed by atoms with Crippen molar-refractivity contribution in [3.63, 3.8) is 0 Å². The first-order valence-electron chi connectivity index (χ1n) is 8.19. The first kappa shape index (κ1) is 17.2. The van der Waals surface area contributed by atoms with Crippen LogP contribution in [0.1, 0.15) is 46.4 Å². The minimum Gasteiger partial charge on any atom is -0.486 e. The number of carbonyl (C=O) groups excluding carboxylic acids is 2. The van der Waals surface area contributed by atoms with E-state index in [1.54, 1.807) is 29.2 Å². The quantitative estimate of drug-likeness (QED) is 0.835. The van der Waals surface area contributed by atoms with E-state index < -0.39 is 6.10 Å². The number of nitrogens with zero attached hydrogens (tertiary/aromatic N) is 2. The van der Waals surface area contributed by atoms with Gasteiger partial charge in [-0.25, -0.2) is 0 Å². The molecule has 1 aromatic heterocycles. The summed E-state index contributed by atoms with van der Waals surface area (Å²) in [5.74, 6) is 0.652. The molecule has 0 bridgehead atoms. The lowest BCUT2D eigenvalue weighted by atomic mass is 10.1. The Morgan fingerprint density at radius 2 is 2.24 bits per heavy atom. The van der Waals surface area contributed by atoms with E-state index in [0.717, 1.165) is 6.42 Å². The molecule has 7 heteroatoms. The second-order valence-corrected chi connectivity index (χ2v) is 6.10. The summed E-state index contributed by atoms with van der Waals surface area (Å²) < 4.78 is 10.7. The highest BCUT2D eigenvalue weighted by molar-refractivity contribution is 5.94. The summed E-state index contributed by atoms with van der Waals surface area (Å²) in [4.78, 5) is 25.3. The molecule has 0 spiro atoms. The molecule has 1 aliphatic rings. The number of ether oxygens (including phenoxy) is 1. The zero-order valence-electron chi connectivity index (χ0n) is 14.0. The average Bonchev–Trinajstić information content (AvgIpc) is 3.08. The number of hydrogen-bond donors (Lipinski definition) is 1. The van der Waals surface area contributed by atoms with Gasteiger partial charge in [-0.15, -0.1) is 0 Å². The molecule has 1 aliphatic heterocycles. The number of amides is 1. The van der Waals surface area contributed by atoms with Crippen molar-refractivity contribution in [2.24, 2.45) is 0 Å². The van der Waals surface area contributed by atoms with E-state index in [1.165, 1.54) is 13.0 Å². The Morgan fingerprint density at radius 1 is 1.40 bits per heavy atom. The first-order chi connectivity index (χ1) is 12.0. The van der Waals surface area contributed by atoms with Gasteiger partial charge >= 0.3 is 0 Å². The van der Waals surface area contributed by atoms with Crippen LogP contribution in [-0.4, -0.2) is 46.0 Å². The van der Waals surface area contributed by atoms with E-state index in [-0.39, 0.29) is 24.0 Å². The summed E-state index contributed by atoms with van der Waals surface area (Å²) in [7, 11) is 0. The van der Waals surface area contributed by atoms with Crippen molar-refractivity contribution in [1.82, 2.24) is 10.1 Å². The van der Waals surface area contributed by atoms with Gasteiger partial charge in [-0.1, -0.05) is 17.3 Å². The number of aliphatic hydroxyl groups excluding tert-OH is 1. The highest BCUT2D eigenvalue weighted by Crippen LogP contribution is 2.17. The third-order valence-corrected chi connectivity index (χ3v) is 4.08. The smallest absolute Gasteiger partial charge is 0.276 e. The minimum atomic E-state index is -0.485. The zero-order chi connectivity index (χ0) is 17.8. The number of β-amino-alcohol motifs (C(OH)–C–C–N with tert-alkyl or cyclic N) is 1. The second kappa shape index (κ2) is 7.48. The first-order valence-corrected chi connectivity index (χ1v) is 8.19. The third kappa shape index (κ3) is 4.24. The predicted octanol–water partition coefficient (Wildman–Crippen LogP) is 2.05. The van der Waals surface area contributed by atoms with Crippen LogP contribution in [-0.2, 0) is 6.61 Å². The molecule has 0 aliphatic carbocycles. The van der Waals surface area contributed by atoms with Gasteiger partial charge in [0, 0.05) is 24.7 Å². The molecule has 1 atom stereocenters. The molecular formula is C18H20N2O5. The van der Waals surface area contributed by atoms with Gasteiger partial charge in [0.15, 0.2) is 17.2 Å². The highest BCUT2D eigenvalue weighted by Gasteiger charge is 2.25. The zero-order valence-corrected chi connectivity index (χ0v) is 14.0. The summed E-state index contributed by atoms with van der Waals surface area (Å²) in [5.41, 5.74) is 0.764. The van der Waals surface area contributed by atoms with Gasteiger partial charge in [0.2, 0.25) is 0 Å². The Kier molecular flexibility index (Phi) is 5.14. The number of hydrogen-bond acceptors (Lipinski definition) is 6. The van der Waals surface area contributed by atoms with Crippen LogP contribution in [0.3, 0.4) is 0 Å². The van der Waals surface area contributed by atoms with Gasteiger partial charge in [0.05, 0.1) is 6.10 Å². The van der Waals surface area contributed by atoms with E-state index in [9.17, 15) is 14.7 Å². The summed E-state index contributed by atoms with van der Waals surface area (Å²) in [6, 6.07) is 8.39. The van der Waals surface area contributed by atoms with Crippen molar-refractivity contribution in [3.8, 4) is 5.75 Å². The largest absolute Gasteiger partial charge is 0.486 e. The molecule has 25 heavy (non-hydrogen) atoms. The van der Waals surface area contributed by atoms with Crippen molar-refractivity contribution in [2.75, 3.05) is 13.1 Å². The number of rotatable bonds is 5. The average molecular weight is 344 g/mol.